The van der Waals surface area contributed by atoms with Crippen molar-refractivity contribution in [3.8, 4) is 0 Å². The highest BCUT2D eigenvalue weighted by molar-refractivity contribution is 6.61. The quantitative estimate of drug-likeness (QED) is 0.223. The van der Waals surface area contributed by atoms with E-state index in [1.807, 2.05) is 0 Å². The monoisotopic (exact) mass is 567 g/mol. The average Bonchev–Trinajstić information content (AvgIpc) is 2.91. The summed E-state index contributed by atoms with van der Waals surface area (Å²) in [6.07, 6.45) is -3.55. The van der Waals surface area contributed by atoms with Crippen LogP contribution in [0, 0.1) is 11.6 Å². The van der Waals surface area contributed by atoms with Crippen LogP contribution in [0.1, 0.15) is 15.9 Å². The summed E-state index contributed by atoms with van der Waals surface area (Å²) in [5.74, 6) is -5.15. The number of amides is 1. The molecule has 0 aliphatic carbocycles. The Morgan fingerprint density at radius 3 is 2.55 bits per heavy atom. The van der Waals surface area contributed by atoms with Gasteiger partial charge in [-0.2, -0.15) is 13.2 Å². The van der Waals surface area contributed by atoms with E-state index >= 15 is 8.78 Å². The summed E-state index contributed by atoms with van der Waals surface area (Å²) in [6, 6.07) is 3.65. The molecule has 2 aromatic carbocycles. The zero-order valence-corrected chi connectivity index (χ0v) is 20.9. The van der Waals surface area contributed by atoms with Crippen LogP contribution in [-0.2, 0) is 20.7 Å². The number of nitrogens with one attached hydrogen (secondary N) is 1. The van der Waals surface area contributed by atoms with Crippen molar-refractivity contribution >= 4 is 41.0 Å². The van der Waals surface area contributed by atoms with Crippen LogP contribution >= 0.6 is 0 Å². The summed E-state index contributed by atoms with van der Waals surface area (Å²) in [6.45, 7) is -1.10. The van der Waals surface area contributed by atoms with Gasteiger partial charge in [0.15, 0.2) is 0 Å². The number of alkyl halides is 3. The second-order valence-electron chi connectivity index (χ2n) is 8.95. The maximum Gasteiger partial charge on any atom is 0.490 e. The fraction of sp³-hybridized carbons (Fsp3) is 0.320. The number of fused-ring (bicyclic) bond motifs is 1. The molecule has 1 fully saturated rings. The summed E-state index contributed by atoms with van der Waals surface area (Å²) < 4.78 is 79.9. The third-order valence-electron chi connectivity index (χ3n) is 6.48. The van der Waals surface area contributed by atoms with E-state index in [-0.39, 0.29) is 30.6 Å². The van der Waals surface area contributed by atoms with E-state index in [1.54, 1.807) is 12.1 Å². The van der Waals surface area contributed by atoms with Crippen LogP contribution in [-0.4, -0.2) is 79.2 Å². The van der Waals surface area contributed by atoms with E-state index in [0.29, 0.717) is 23.1 Å². The van der Waals surface area contributed by atoms with Crippen molar-refractivity contribution < 1.29 is 51.1 Å². The molecule has 1 aliphatic rings. The van der Waals surface area contributed by atoms with Gasteiger partial charge in [0.25, 0.3) is 5.91 Å². The number of nitrogens with zero attached hydrogens (tertiary/aromatic N) is 2. The third kappa shape index (κ3) is 6.00. The fourth-order valence-corrected chi connectivity index (χ4v) is 4.55. The number of hydrogen-bond donors (Lipinski definition) is 3. The van der Waals surface area contributed by atoms with E-state index in [9.17, 15) is 32.8 Å². The highest BCUT2D eigenvalue weighted by Crippen LogP contribution is 2.32. The molecule has 40 heavy (non-hydrogen) atoms. The first kappa shape index (κ1) is 29.2. The first-order valence-electron chi connectivity index (χ1n) is 11.9. The first-order valence-corrected chi connectivity index (χ1v) is 11.9. The molecule has 3 aromatic rings. The van der Waals surface area contributed by atoms with Crippen molar-refractivity contribution in [2.45, 2.75) is 24.7 Å². The number of methoxy groups -OCH3 is 1. The predicted octanol–water partition coefficient (Wildman–Crippen LogP) is 1.47. The van der Waals surface area contributed by atoms with Crippen LogP contribution in [0.15, 0.2) is 42.6 Å². The SMILES string of the molecule is COC(=O)[C@H](Cc1ccc(B(O)O)c2ncccc12)NC(=O)c1c(F)cc(N2CCOC[C@@H]2C(F)(F)F)cc1F. The molecular weight excluding hydrogens is 544 g/mol. The van der Waals surface area contributed by atoms with E-state index in [1.165, 1.54) is 18.3 Å². The molecule has 2 atom stereocenters. The number of hydrogen-bond acceptors (Lipinski definition) is 8. The highest BCUT2D eigenvalue weighted by Gasteiger charge is 2.46. The Bertz CT molecular complexity index is 1400. The zero-order valence-electron chi connectivity index (χ0n) is 20.9. The lowest BCUT2D eigenvalue weighted by Crippen LogP contribution is -2.53. The molecule has 0 spiro atoms. The van der Waals surface area contributed by atoms with Crippen molar-refractivity contribution in [3.63, 3.8) is 0 Å². The number of pyridine rings is 1. The van der Waals surface area contributed by atoms with Crippen molar-refractivity contribution in [1.82, 2.24) is 10.3 Å². The molecule has 15 heteroatoms. The Morgan fingerprint density at radius 2 is 1.93 bits per heavy atom. The Kier molecular flexibility index (Phi) is 8.56. The van der Waals surface area contributed by atoms with Gasteiger partial charge in [0.1, 0.15) is 29.3 Å². The summed E-state index contributed by atoms with van der Waals surface area (Å²) in [7, 11) is -0.790. The molecule has 0 bridgehead atoms. The summed E-state index contributed by atoms with van der Waals surface area (Å²) in [4.78, 5) is 30.3. The second-order valence-corrected chi connectivity index (χ2v) is 8.95. The van der Waals surface area contributed by atoms with Crippen LogP contribution in [0.4, 0.5) is 27.6 Å². The van der Waals surface area contributed by atoms with Gasteiger partial charge in [0.2, 0.25) is 0 Å². The van der Waals surface area contributed by atoms with Crippen LogP contribution in [0.5, 0.6) is 0 Å². The molecule has 0 saturated carbocycles. The van der Waals surface area contributed by atoms with Gasteiger partial charge in [-0.25, -0.2) is 13.6 Å². The van der Waals surface area contributed by atoms with Crippen LogP contribution < -0.4 is 15.7 Å². The van der Waals surface area contributed by atoms with Gasteiger partial charge < -0.3 is 29.7 Å². The molecule has 0 unspecified atom stereocenters. The van der Waals surface area contributed by atoms with E-state index in [2.05, 4.69) is 10.3 Å². The van der Waals surface area contributed by atoms with Crippen molar-refractivity contribution in [2.75, 3.05) is 31.8 Å². The van der Waals surface area contributed by atoms with Gasteiger partial charge >= 0.3 is 19.3 Å². The van der Waals surface area contributed by atoms with Crippen LogP contribution in [0.25, 0.3) is 10.9 Å². The standard InChI is InChI=1S/C25H23BF5N3O6/c1-39-24(36)19(9-13-4-5-16(26(37)38)22-15(13)3-2-6-32-22)33-23(35)21-17(27)10-14(11-18(21)28)34-7-8-40-12-20(34)25(29,30)31/h2-6,10-11,19-20,37-38H,7-9,12H2,1H3,(H,33,35)/t19-,20+/m0/s1. The number of morpholine rings is 1. The summed E-state index contributed by atoms with van der Waals surface area (Å²) in [5.41, 5.74) is -0.787. The smallest absolute Gasteiger partial charge is 0.467 e. The number of aromatic nitrogens is 1. The molecule has 4 rings (SSSR count). The molecule has 3 N–H and O–H groups in total. The number of halogens is 5. The lowest BCUT2D eigenvalue weighted by Gasteiger charge is -2.38. The number of esters is 1. The van der Waals surface area contributed by atoms with Gasteiger partial charge in [0.05, 0.1) is 25.8 Å². The Hall–Kier alpha value is -3.82. The van der Waals surface area contributed by atoms with Gasteiger partial charge in [0, 0.05) is 35.7 Å². The van der Waals surface area contributed by atoms with Gasteiger partial charge in [-0.15, -0.1) is 0 Å². The Balaban J connectivity index is 1.62. The molecule has 2 heterocycles. The van der Waals surface area contributed by atoms with Gasteiger partial charge in [-0.05, 0) is 23.8 Å². The molecule has 1 amide bonds. The number of anilines is 1. The van der Waals surface area contributed by atoms with Crippen molar-refractivity contribution in [2.24, 2.45) is 0 Å². The number of benzene rings is 2. The summed E-state index contributed by atoms with van der Waals surface area (Å²) in [5, 5.41) is 21.9. The molecular formula is C25H23BF5N3O6. The summed E-state index contributed by atoms with van der Waals surface area (Å²) >= 11 is 0. The second kappa shape index (κ2) is 11.7. The molecule has 1 aromatic heterocycles. The van der Waals surface area contributed by atoms with E-state index in [4.69, 9.17) is 9.47 Å². The molecule has 1 saturated heterocycles. The molecule has 0 radical (unpaired) electrons. The van der Waals surface area contributed by atoms with E-state index < -0.39 is 66.7 Å². The Labute approximate surface area is 224 Å². The number of rotatable bonds is 7. The Morgan fingerprint density at radius 1 is 1.23 bits per heavy atom. The molecule has 9 nitrogen and oxygen atoms in total. The molecule has 212 valence electrons. The lowest BCUT2D eigenvalue weighted by molar-refractivity contribution is -0.167. The number of carbonyl (C=O) groups is 2. The third-order valence-corrected chi connectivity index (χ3v) is 6.48. The maximum atomic E-state index is 15.0. The number of ether oxygens (including phenoxy) is 2. The van der Waals surface area contributed by atoms with Gasteiger partial charge in [-0.1, -0.05) is 18.2 Å². The molecule has 1 aliphatic heterocycles. The first-order chi connectivity index (χ1) is 18.9. The highest BCUT2D eigenvalue weighted by atomic mass is 19.4. The van der Waals surface area contributed by atoms with Crippen LogP contribution in [0.2, 0.25) is 0 Å². The minimum Gasteiger partial charge on any atom is -0.467 e. The fourth-order valence-electron chi connectivity index (χ4n) is 4.55. The number of carbonyl (C=O) groups excluding carboxylic acids is 2. The average molecular weight is 567 g/mol. The minimum atomic E-state index is -4.73. The maximum absolute atomic E-state index is 15.0. The largest absolute Gasteiger partial charge is 0.490 e. The predicted molar refractivity (Wildman–Crippen MR) is 133 cm³/mol. The topological polar surface area (TPSA) is 121 Å². The lowest BCUT2D eigenvalue weighted by atomic mass is 9.77. The van der Waals surface area contributed by atoms with Crippen molar-refractivity contribution in [1.29, 1.82) is 0 Å². The normalized spacial score (nSPS) is 16.5. The van der Waals surface area contributed by atoms with E-state index in [0.717, 1.165) is 12.0 Å². The van der Waals surface area contributed by atoms with Crippen LogP contribution in [0.3, 0.4) is 0 Å². The van der Waals surface area contributed by atoms with Crippen molar-refractivity contribution in [3.05, 3.63) is 65.4 Å². The zero-order chi connectivity index (χ0) is 29.2. The minimum absolute atomic E-state index is 0.0928. The van der Waals surface area contributed by atoms with Gasteiger partial charge in [-0.3, -0.25) is 9.78 Å².